The quantitative estimate of drug-likeness (QED) is 0.542. The minimum absolute atomic E-state index is 0.0904. The number of H-pyrrole nitrogens is 1. The van der Waals surface area contributed by atoms with E-state index in [1.807, 2.05) is 19.2 Å². The first-order chi connectivity index (χ1) is 14.8. The van der Waals surface area contributed by atoms with E-state index < -0.39 is 20.0 Å². The predicted octanol–water partition coefficient (Wildman–Crippen LogP) is 1.09. The maximum absolute atomic E-state index is 12.6. The highest BCUT2D eigenvalue weighted by Gasteiger charge is 2.26. The Morgan fingerprint density at radius 3 is 2.42 bits per heavy atom. The number of benzene rings is 1. The van der Waals surface area contributed by atoms with Crippen LogP contribution in [-0.4, -0.2) is 81.5 Å². The molecular weight excluding hydrogens is 438 g/mol. The Kier molecular flexibility index (Phi) is 6.13. The summed E-state index contributed by atoms with van der Waals surface area (Å²) in [6, 6.07) is 10.3. The largest absolute Gasteiger partial charge is 0.346 e. The summed E-state index contributed by atoms with van der Waals surface area (Å²) in [7, 11) is -5.37. The lowest BCUT2D eigenvalue weighted by atomic mass is 10.0. The van der Waals surface area contributed by atoms with Gasteiger partial charge in [-0.2, -0.15) is 4.31 Å². The number of aromatic amines is 1. The molecule has 0 bridgehead atoms. The zero-order valence-electron chi connectivity index (χ0n) is 17.2. The molecule has 1 aliphatic rings. The van der Waals surface area contributed by atoms with E-state index in [2.05, 4.69) is 19.6 Å². The maximum Gasteiger partial charge on any atom is 0.240 e. The molecule has 3 aromatic rings. The first-order valence-electron chi connectivity index (χ1n) is 9.95. The van der Waals surface area contributed by atoms with Crippen LogP contribution in [0.3, 0.4) is 0 Å². The van der Waals surface area contributed by atoms with Gasteiger partial charge < -0.3 is 9.88 Å². The van der Waals surface area contributed by atoms with Crippen LogP contribution in [0.15, 0.2) is 53.7 Å². The van der Waals surface area contributed by atoms with Crippen molar-refractivity contribution in [3.05, 3.63) is 48.8 Å². The number of piperazine rings is 1. The van der Waals surface area contributed by atoms with Gasteiger partial charge >= 0.3 is 0 Å². The highest BCUT2D eigenvalue weighted by atomic mass is 32.2. The minimum Gasteiger partial charge on any atom is -0.346 e. The molecule has 1 saturated heterocycles. The normalized spacial score (nSPS) is 16.7. The molecule has 31 heavy (non-hydrogen) atoms. The van der Waals surface area contributed by atoms with Crippen LogP contribution in [0.5, 0.6) is 0 Å². The summed E-state index contributed by atoms with van der Waals surface area (Å²) < 4.78 is 54.0. The van der Waals surface area contributed by atoms with Crippen molar-refractivity contribution in [2.75, 3.05) is 45.5 Å². The second kappa shape index (κ2) is 8.67. The van der Waals surface area contributed by atoms with Gasteiger partial charge in [-0.15, -0.1) is 0 Å². The van der Waals surface area contributed by atoms with E-state index in [0.29, 0.717) is 26.2 Å². The first kappa shape index (κ1) is 21.9. The standard InChI is InChI=1S/C20H25N5O4S2/c1-24-11-13-25(14-12-24)30(26,27)15-10-23-31(28,29)17-4-2-16(3-5-17)18-6-8-21-20-19(18)7-9-22-20/h2-9,23H,10-15H2,1H3,(H,21,22). The smallest absolute Gasteiger partial charge is 0.240 e. The Balaban J connectivity index is 1.41. The molecule has 9 nitrogen and oxygen atoms in total. The molecule has 11 heteroatoms. The Hall–Kier alpha value is -2.31. The van der Waals surface area contributed by atoms with Crippen LogP contribution >= 0.6 is 0 Å². The summed E-state index contributed by atoms with van der Waals surface area (Å²) in [6.45, 7) is 2.02. The third-order valence-electron chi connectivity index (χ3n) is 5.44. The summed E-state index contributed by atoms with van der Waals surface area (Å²) in [5.74, 6) is -0.267. The van der Waals surface area contributed by atoms with Crippen molar-refractivity contribution in [2.24, 2.45) is 0 Å². The van der Waals surface area contributed by atoms with E-state index in [1.54, 1.807) is 24.5 Å². The summed E-state index contributed by atoms with van der Waals surface area (Å²) in [4.78, 5) is 9.46. The number of hydrogen-bond donors (Lipinski definition) is 2. The fourth-order valence-corrected chi connectivity index (χ4v) is 6.11. The molecule has 4 rings (SSSR count). The van der Waals surface area contributed by atoms with Crippen molar-refractivity contribution in [2.45, 2.75) is 4.90 Å². The van der Waals surface area contributed by atoms with E-state index in [9.17, 15) is 16.8 Å². The van der Waals surface area contributed by atoms with Crippen LogP contribution < -0.4 is 4.72 Å². The molecule has 166 valence electrons. The number of pyridine rings is 1. The van der Waals surface area contributed by atoms with E-state index in [0.717, 1.165) is 22.2 Å². The van der Waals surface area contributed by atoms with Crippen molar-refractivity contribution in [1.29, 1.82) is 0 Å². The van der Waals surface area contributed by atoms with Crippen molar-refractivity contribution in [1.82, 2.24) is 23.9 Å². The lowest BCUT2D eigenvalue weighted by Crippen LogP contribution is -2.48. The van der Waals surface area contributed by atoms with Gasteiger partial charge in [-0.25, -0.2) is 26.5 Å². The first-order valence-corrected chi connectivity index (χ1v) is 13.0. The summed E-state index contributed by atoms with van der Waals surface area (Å²) in [5.41, 5.74) is 2.57. The van der Waals surface area contributed by atoms with Crippen LogP contribution in [0.4, 0.5) is 0 Å². The molecule has 0 radical (unpaired) electrons. The molecule has 2 N–H and O–H groups in total. The van der Waals surface area contributed by atoms with Gasteiger partial charge in [0.2, 0.25) is 20.0 Å². The molecule has 1 aromatic carbocycles. The Labute approximate surface area is 182 Å². The molecule has 2 aromatic heterocycles. The molecular formula is C20H25N5O4S2. The van der Waals surface area contributed by atoms with E-state index in [-0.39, 0.29) is 17.2 Å². The monoisotopic (exact) mass is 463 g/mol. The van der Waals surface area contributed by atoms with Gasteiger partial charge in [-0.1, -0.05) is 12.1 Å². The number of likely N-dealkylation sites (N-methyl/N-ethyl adjacent to an activating group) is 1. The highest BCUT2D eigenvalue weighted by Crippen LogP contribution is 2.27. The lowest BCUT2D eigenvalue weighted by molar-refractivity contribution is 0.222. The van der Waals surface area contributed by atoms with Crippen molar-refractivity contribution < 1.29 is 16.8 Å². The van der Waals surface area contributed by atoms with E-state index in [1.165, 1.54) is 16.4 Å². The van der Waals surface area contributed by atoms with E-state index in [4.69, 9.17) is 0 Å². The lowest BCUT2D eigenvalue weighted by Gasteiger charge is -2.31. The number of nitrogens with zero attached hydrogens (tertiary/aromatic N) is 3. The van der Waals surface area contributed by atoms with E-state index >= 15 is 0 Å². The molecule has 0 aliphatic carbocycles. The summed E-state index contributed by atoms with van der Waals surface area (Å²) in [6.07, 6.45) is 3.50. The van der Waals surface area contributed by atoms with Crippen LogP contribution in [-0.2, 0) is 20.0 Å². The minimum atomic E-state index is -3.81. The average Bonchev–Trinajstić information content (AvgIpc) is 3.23. The van der Waals surface area contributed by atoms with Gasteiger partial charge in [-0.3, -0.25) is 0 Å². The Morgan fingerprint density at radius 1 is 1.00 bits per heavy atom. The Bertz CT molecular complexity index is 1260. The second-order valence-corrected chi connectivity index (χ2v) is 11.4. The van der Waals surface area contributed by atoms with Crippen molar-refractivity contribution in [3.63, 3.8) is 0 Å². The Morgan fingerprint density at radius 2 is 1.71 bits per heavy atom. The van der Waals surface area contributed by atoms with Crippen LogP contribution in [0.1, 0.15) is 0 Å². The van der Waals surface area contributed by atoms with Gasteiger partial charge in [0, 0.05) is 50.5 Å². The highest BCUT2D eigenvalue weighted by molar-refractivity contribution is 7.90. The van der Waals surface area contributed by atoms with Crippen LogP contribution in [0.25, 0.3) is 22.2 Å². The zero-order valence-corrected chi connectivity index (χ0v) is 18.8. The van der Waals surface area contributed by atoms with Crippen molar-refractivity contribution >= 4 is 31.1 Å². The number of rotatable bonds is 7. The molecule has 0 saturated carbocycles. The third kappa shape index (κ3) is 4.80. The number of fused-ring (bicyclic) bond motifs is 1. The van der Waals surface area contributed by atoms with Crippen molar-refractivity contribution in [3.8, 4) is 11.1 Å². The summed E-state index contributed by atoms with van der Waals surface area (Å²) in [5, 5.41) is 0.949. The number of hydrogen-bond acceptors (Lipinski definition) is 6. The maximum atomic E-state index is 12.6. The molecule has 3 heterocycles. The van der Waals surface area contributed by atoms with Gasteiger partial charge in [0.25, 0.3) is 0 Å². The molecule has 0 atom stereocenters. The second-order valence-electron chi connectivity index (χ2n) is 7.54. The number of aromatic nitrogens is 2. The molecule has 0 amide bonds. The molecule has 1 fully saturated rings. The van der Waals surface area contributed by atoms with Gasteiger partial charge in [0.15, 0.2) is 0 Å². The fraction of sp³-hybridized carbons (Fsp3) is 0.350. The summed E-state index contributed by atoms with van der Waals surface area (Å²) >= 11 is 0. The zero-order chi connectivity index (χ0) is 22.1. The van der Waals surface area contributed by atoms with Crippen LogP contribution in [0, 0.1) is 0 Å². The number of sulfonamides is 2. The fourth-order valence-electron chi connectivity index (χ4n) is 3.61. The SMILES string of the molecule is CN1CCN(S(=O)(=O)CCNS(=O)(=O)c2ccc(-c3ccnc4[nH]ccc34)cc2)CC1. The number of nitrogens with one attached hydrogen (secondary N) is 2. The van der Waals surface area contributed by atoms with Crippen LogP contribution in [0.2, 0.25) is 0 Å². The molecule has 1 aliphatic heterocycles. The van der Waals surface area contributed by atoms with Gasteiger partial charge in [0.1, 0.15) is 5.65 Å². The predicted molar refractivity (Wildman–Crippen MR) is 120 cm³/mol. The van der Waals surface area contributed by atoms with Gasteiger partial charge in [-0.05, 0) is 42.4 Å². The molecule has 0 unspecified atom stereocenters. The molecule has 0 spiro atoms. The van der Waals surface area contributed by atoms with Gasteiger partial charge in [0.05, 0.1) is 10.6 Å². The average molecular weight is 464 g/mol. The topological polar surface area (TPSA) is 115 Å². The third-order valence-corrected chi connectivity index (χ3v) is 8.79.